The molecule has 146 valence electrons. The highest BCUT2D eigenvalue weighted by atomic mass is 32.1. The van der Waals surface area contributed by atoms with Crippen LogP contribution in [0.1, 0.15) is 28.9 Å². The molecule has 3 aromatic rings. The first-order valence-corrected chi connectivity index (χ1v) is 9.66. The summed E-state index contributed by atoms with van der Waals surface area (Å²) >= 11 is 1.20. The van der Waals surface area contributed by atoms with E-state index in [0.717, 1.165) is 37.6 Å². The number of para-hydroxylation sites is 1. The van der Waals surface area contributed by atoms with Gasteiger partial charge in [0.1, 0.15) is 5.69 Å². The maximum absolute atomic E-state index is 13.1. The van der Waals surface area contributed by atoms with Crippen molar-refractivity contribution in [3.63, 3.8) is 0 Å². The lowest BCUT2D eigenvalue weighted by atomic mass is 10.2. The molecule has 1 amide bonds. The zero-order valence-electron chi connectivity index (χ0n) is 14.7. The molecule has 0 aliphatic carbocycles. The monoisotopic (exact) mass is 406 g/mol. The fourth-order valence-corrected chi connectivity index (χ4v) is 3.91. The van der Waals surface area contributed by atoms with Crippen molar-refractivity contribution >= 4 is 28.1 Å². The molecular weight excluding hydrogens is 389 g/mol. The second kappa shape index (κ2) is 7.31. The summed E-state index contributed by atoms with van der Waals surface area (Å²) < 4.78 is 39.4. The predicted octanol–water partition coefficient (Wildman–Crippen LogP) is 5.14. The van der Waals surface area contributed by atoms with E-state index in [1.807, 2.05) is 0 Å². The third kappa shape index (κ3) is 3.75. The summed E-state index contributed by atoms with van der Waals surface area (Å²) in [5.74, 6) is -0.0450. The summed E-state index contributed by atoms with van der Waals surface area (Å²) in [7, 11) is 0. The average molecular weight is 406 g/mol. The van der Waals surface area contributed by atoms with E-state index >= 15 is 0 Å². The van der Waals surface area contributed by atoms with E-state index < -0.39 is 11.7 Å². The van der Waals surface area contributed by atoms with Crippen LogP contribution in [0, 0.1) is 0 Å². The van der Waals surface area contributed by atoms with Crippen LogP contribution in [0.15, 0.2) is 41.9 Å². The van der Waals surface area contributed by atoms with Gasteiger partial charge in [0.2, 0.25) is 0 Å². The number of amides is 1. The van der Waals surface area contributed by atoms with Gasteiger partial charge in [-0.05, 0) is 31.0 Å². The fourth-order valence-electron chi connectivity index (χ4n) is 3.17. The fraction of sp³-hybridized carbons (Fsp3) is 0.263. The molecule has 5 nitrogen and oxygen atoms in total. The van der Waals surface area contributed by atoms with Crippen LogP contribution >= 0.6 is 11.3 Å². The molecule has 0 radical (unpaired) electrons. The topological polar surface area (TPSA) is 61.0 Å². The van der Waals surface area contributed by atoms with Crippen molar-refractivity contribution in [2.24, 2.45) is 0 Å². The Morgan fingerprint density at radius 2 is 1.96 bits per heavy atom. The molecule has 28 heavy (non-hydrogen) atoms. The number of anilines is 2. The molecule has 2 N–H and O–H groups in total. The van der Waals surface area contributed by atoms with Gasteiger partial charge in [-0.3, -0.25) is 4.79 Å². The summed E-state index contributed by atoms with van der Waals surface area (Å²) in [5, 5.41) is 4.83. The molecule has 1 aliphatic heterocycles. The third-order valence-corrected chi connectivity index (χ3v) is 5.34. The Hall–Kier alpha value is -2.81. The van der Waals surface area contributed by atoms with Gasteiger partial charge in [-0.25, -0.2) is 4.98 Å². The van der Waals surface area contributed by atoms with Crippen LogP contribution in [0.5, 0.6) is 0 Å². The Balaban J connectivity index is 1.52. The number of H-pyrrole nitrogens is 1. The zero-order valence-corrected chi connectivity index (χ0v) is 15.5. The number of alkyl halides is 3. The van der Waals surface area contributed by atoms with Gasteiger partial charge in [0.25, 0.3) is 5.91 Å². The number of halogens is 3. The lowest BCUT2D eigenvalue weighted by Gasteiger charge is -2.13. The molecule has 1 fully saturated rings. The Labute approximate surface area is 163 Å². The van der Waals surface area contributed by atoms with Crippen LogP contribution in [0.25, 0.3) is 11.3 Å². The van der Waals surface area contributed by atoms with E-state index in [9.17, 15) is 18.0 Å². The van der Waals surface area contributed by atoms with Gasteiger partial charge in [0.05, 0.1) is 16.9 Å². The quantitative estimate of drug-likeness (QED) is 0.631. The standard InChI is InChI=1S/C19H17F3N4OS/c20-19(21,22)13-5-1-2-6-14(13)24-18-25-16(11-28-18)12-9-15(23-10-12)17(27)26-7-3-4-8-26/h1-2,5-6,9-11,23H,3-4,7-8H2,(H,24,25). The molecule has 0 spiro atoms. The molecule has 0 bridgehead atoms. The molecule has 1 aromatic carbocycles. The summed E-state index contributed by atoms with van der Waals surface area (Å²) in [6.07, 6.45) is -0.736. The Morgan fingerprint density at radius 1 is 1.21 bits per heavy atom. The van der Waals surface area contributed by atoms with Gasteiger partial charge < -0.3 is 15.2 Å². The molecule has 0 saturated carbocycles. The number of hydrogen-bond donors (Lipinski definition) is 2. The van der Waals surface area contributed by atoms with Crippen LogP contribution in [0.3, 0.4) is 0 Å². The van der Waals surface area contributed by atoms with Crippen molar-refractivity contribution in [1.29, 1.82) is 0 Å². The Bertz CT molecular complexity index is 989. The maximum atomic E-state index is 13.1. The molecule has 3 heterocycles. The van der Waals surface area contributed by atoms with Crippen molar-refractivity contribution < 1.29 is 18.0 Å². The zero-order chi connectivity index (χ0) is 19.7. The van der Waals surface area contributed by atoms with Crippen LogP contribution in [0.2, 0.25) is 0 Å². The molecule has 2 aromatic heterocycles. The SMILES string of the molecule is O=C(c1cc(-c2csc(Nc3ccccc3C(F)(F)F)n2)c[nH]1)N1CCCC1. The highest BCUT2D eigenvalue weighted by Crippen LogP contribution is 2.37. The van der Waals surface area contributed by atoms with Crippen molar-refractivity contribution in [1.82, 2.24) is 14.9 Å². The first kappa shape index (κ1) is 18.5. The number of rotatable bonds is 4. The van der Waals surface area contributed by atoms with Crippen LogP contribution < -0.4 is 5.32 Å². The van der Waals surface area contributed by atoms with Crippen LogP contribution in [-0.2, 0) is 6.18 Å². The number of nitrogens with zero attached hydrogens (tertiary/aromatic N) is 2. The second-order valence-electron chi connectivity index (χ2n) is 6.51. The van der Waals surface area contributed by atoms with Crippen molar-refractivity contribution in [2.75, 3.05) is 18.4 Å². The van der Waals surface area contributed by atoms with E-state index in [2.05, 4.69) is 15.3 Å². The maximum Gasteiger partial charge on any atom is 0.418 e. The van der Waals surface area contributed by atoms with Crippen LogP contribution in [0.4, 0.5) is 24.0 Å². The number of aromatic nitrogens is 2. The molecular formula is C19H17F3N4OS. The highest BCUT2D eigenvalue weighted by molar-refractivity contribution is 7.14. The van der Waals surface area contributed by atoms with Crippen LogP contribution in [-0.4, -0.2) is 33.9 Å². The van der Waals surface area contributed by atoms with E-state index in [1.165, 1.54) is 29.5 Å². The second-order valence-corrected chi connectivity index (χ2v) is 7.37. The smallest absolute Gasteiger partial charge is 0.357 e. The van der Waals surface area contributed by atoms with Crippen molar-refractivity contribution in [3.8, 4) is 11.3 Å². The van der Waals surface area contributed by atoms with Gasteiger partial charge in [0.15, 0.2) is 5.13 Å². The van der Waals surface area contributed by atoms with Gasteiger partial charge in [-0.2, -0.15) is 13.2 Å². The van der Waals surface area contributed by atoms with E-state index in [0.29, 0.717) is 16.5 Å². The van der Waals surface area contributed by atoms with E-state index in [1.54, 1.807) is 22.5 Å². The van der Waals surface area contributed by atoms with Gasteiger partial charge in [0, 0.05) is 30.2 Å². The molecule has 0 atom stereocenters. The molecule has 1 aliphatic rings. The number of benzene rings is 1. The lowest BCUT2D eigenvalue weighted by molar-refractivity contribution is -0.136. The summed E-state index contributed by atoms with van der Waals surface area (Å²) in [6, 6.07) is 7.00. The Kier molecular flexibility index (Phi) is 4.84. The van der Waals surface area contributed by atoms with E-state index in [-0.39, 0.29) is 11.6 Å². The lowest BCUT2D eigenvalue weighted by Crippen LogP contribution is -2.27. The summed E-state index contributed by atoms with van der Waals surface area (Å²) in [6.45, 7) is 1.52. The largest absolute Gasteiger partial charge is 0.418 e. The number of thiazole rings is 1. The normalized spacial score (nSPS) is 14.5. The minimum absolute atomic E-state index is 0.0450. The number of likely N-dealkylation sites (tertiary alicyclic amines) is 1. The predicted molar refractivity (Wildman–Crippen MR) is 102 cm³/mol. The first-order chi connectivity index (χ1) is 13.4. The molecule has 4 rings (SSSR count). The van der Waals surface area contributed by atoms with Crippen molar-refractivity contribution in [2.45, 2.75) is 19.0 Å². The van der Waals surface area contributed by atoms with E-state index in [4.69, 9.17) is 0 Å². The van der Waals surface area contributed by atoms with Gasteiger partial charge in [-0.15, -0.1) is 11.3 Å². The van der Waals surface area contributed by atoms with Crippen molar-refractivity contribution in [3.05, 3.63) is 53.2 Å². The Morgan fingerprint density at radius 3 is 2.71 bits per heavy atom. The highest BCUT2D eigenvalue weighted by Gasteiger charge is 2.33. The minimum Gasteiger partial charge on any atom is -0.357 e. The molecule has 1 saturated heterocycles. The third-order valence-electron chi connectivity index (χ3n) is 4.58. The number of aromatic amines is 1. The van der Waals surface area contributed by atoms with Gasteiger partial charge >= 0.3 is 6.18 Å². The molecule has 0 unspecified atom stereocenters. The van der Waals surface area contributed by atoms with Gasteiger partial charge in [-0.1, -0.05) is 12.1 Å². The number of carbonyl (C=O) groups excluding carboxylic acids is 1. The number of hydrogen-bond acceptors (Lipinski definition) is 4. The molecule has 9 heteroatoms. The number of nitrogens with one attached hydrogen (secondary N) is 2. The minimum atomic E-state index is -4.45. The summed E-state index contributed by atoms with van der Waals surface area (Å²) in [5.41, 5.74) is 1.01. The summed E-state index contributed by atoms with van der Waals surface area (Å²) in [4.78, 5) is 21.6. The number of carbonyl (C=O) groups is 1. The first-order valence-electron chi connectivity index (χ1n) is 8.78. The average Bonchev–Trinajstić information content (AvgIpc) is 3.41.